The first-order valence-corrected chi connectivity index (χ1v) is 3.82. The molecular formula is C7H12O3S. The van der Waals surface area contributed by atoms with E-state index >= 15 is 0 Å². The average Bonchev–Trinajstić information content (AvgIpc) is 2.01. The third kappa shape index (κ3) is 1.96. The minimum atomic E-state index is -1.09. The van der Waals surface area contributed by atoms with Gasteiger partial charge in [-0.1, -0.05) is 0 Å². The van der Waals surface area contributed by atoms with Crippen molar-refractivity contribution in [1.29, 1.82) is 0 Å². The van der Waals surface area contributed by atoms with Gasteiger partial charge in [-0.2, -0.15) is 12.6 Å². The Labute approximate surface area is 71.5 Å². The summed E-state index contributed by atoms with van der Waals surface area (Å²) in [6.07, 6.45) is 0. The van der Waals surface area contributed by atoms with Gasteiger partial charge in [0.05, 0.1) is 7.11 Å². The highest BCUT2D eigenvalue weighted by Gasteiger charge is 2.37. The lowest BCUT2D eigenvalue weighted by atomic mass is 9.89. The van der Waals surface area contributed by atoms with E-state index in [1.165, 1.54) is 21.0 Å². The lowest BCUT2D eigenvalue weighted by molar-refractivity contribution is -0.154. The monoisotopic (exact) mass is 176 g/mol. The van der Waals surface area contributed by atoms with E-state index in [1.54, 1.807) is 0 Å². The molecule has 64 valence electrons. The fourth-order valence-corrected chi connectivity index (χ4v) is 0.897. The van der Waals surface area contributed by atoms with E-state index in [9.17, 15) is 9.59 Å². The Balaban J connectivity index is 4.59. The van der Waals surface area contributed by atoms with Crippen LogP contribution in [0, 0.1) is 5.41 Å². The molecule has 0 aromatic carbocycles. The number of ketones is 1. The first kappa shape index (κ1) is 10.5. The Hall–Kier alpha value is -0.510. The Kier molecular flexibility index (Phi) is 3.58. The number of methoxy groups -OCH3 is 1. The van der Waals surface area contributed by atoms with Gasteiger partial charge in [0.2, 0.25) is 0 Å². The molecule has 11 heavy (non-hydrogen) atoms. The minimum absolute atomic E-state index is 0.176. The maximum absolute atomic E-state index is 11.0. The molecule has 0 N–H and O–H groups in total. The highest BCUT2D eigenvalue weighted by molar-refractivity contribution is 7.80. The summed E-state index contributed by atoms with van der Waals surface area (Å²) in [5.74, 6) is -0.575. The summed E-state index contributed by atoms with van der Waals surface area (Å²) in [5.41, 5.74) is -1.09. The predicted molar refractivity (Wildman–Crippen MR) is 44.7 cm³/mol. The highest BCUT2D eigenvalue weighted by atomic mass is 32.1. The van der Waals surface area contributed by atoms with E-state index in [2.05, 4.69) is 17.4 Å². The number of carbonyl (C=O) groups is 2. The van der Waals surface area contributed by atoms with Crippen LogP contribution in [-0.2, 0) is 14.3 Å². The number of thiol groups is 1. The Morgan fingerprint density at radius 1 is 1.55 bits per heavy atom. The van der Waals surface area contributed by atoms with Gasteiger partial charge < -0.3 is 4.74 Å². The van der Waals surface area contributed by atoms with Crippen LogP contribution in [0.4, 0.5) is 0 Å². The Morgan fingerprint density at radius 2 is 2.00 bits per heavy atom. The van der Waals surface area contributed by atoms with Crippen LogP contribution in [0.3, 0.4) is 0 Å². The Morgan fingerprint density at radius 3 is 2.09 bits per heavy atom. The van der Waals surface area contributed by atoms with E-state index in [1.807, 2.05) is 0 Å². The minimum Gasteiger partial charge on any atom is -0.468 e. The molecule has 0 fully saturated rings. The van der Waals surface area contributed by atoms with Crippen LogP contribution in [0.25, 0.3) is 0 Å². The molecule has 0 amide bonds. The van der Waals surface area contributed by atoms with Gasteiger partial charge in [0.1, 0.15) is 11.2 Å². The normalized spacial score (nSPS) is 15.3. The maximum atomic E-state index is 11.0. The van der Waals surface area contributed by atoms with E-state index in [0.29, 0.717) is 0 Å². The molecule has 4 heteroatoms. The van der Waals surface area contributed by atoms with Crippen molar-refractivity contribution in [2.24, 2.45) is 5.41 Å². The van der Waals surface area contributed by atoms with Crippen LogP contribution >= 0.6 is 12.6 Å². The number of hydrogen-bond donors (Lipinski definition) is 1. The molecule has 3 nitrogen and oxygen atoms in total. The molecule has 0 spiro atoms. The largest absolute Gasteiger partial charge is 0.468 e. The van der Waals surface area contributed by atoms with Gasteiger partial charge in [0.15, 0.2) is 0 Å². The zero-order chi connectivity index (χ0) is 9.07. The molecule has 0 rings (SSSR count). The van der Waals surface area contributed by atoms with Crippen molar-refractivity contribution in [3.63, 3.8) is 0 Å². The number of carbonyl (C=O) groups excluding carboxylic acids is 2. The number of rotatable bonds is 3. The van der Waals surface area contributed by atoms with E-state index in [-0.39, 0.29) is 11.5 Å². The van der Waals surface area contributed by atoms with Gasteiger partial charge >= 0.3 is 5.97 Å². The zero-order valence-electron chi connectivity index (χ0n) is 6.88. The van der Waals surface area contributed by atoms with E-state index in [0.717, 1.165) is 0 Å². The van der Waals surface area contributed by atoms with Gasteiger partial charge in [-0.05, 0) is 13.8 Å². The van der Waals surface area contributed by atoms with Gasteiger partial charge in [0.25, 0.3) is 0 Å². The van der Waals surface area contributed by atoms with Crippen molar-refractivity contribution in [3.05, 3.63) is 0 Å². The summed E-state index contributed by atoms with van der Waals surface area (Å²) >= 11 is 3.91. The molecule has 0 saturated heterocycles. The first-order valence-electron chi connectivity index (χ1n) is 3.19. The van der Waals surface area contributed by atoms with Crippen molar-refractivity contribution >= 4 is 24.4 Å². The van der Waals surface area contributed by atoms with Crippen molar-refractivity contribution in [1.82, 2.24) is 0 Å². The van der Waals surface area contributed by atoms with Crippen LogP contribution in [0.1, 0.15) is 13.8 Å². The smallest absolute Gasteiger partial charge is 0.319 e. The molecule has 0 aromatic heterocycles. The zero-order valence-corrected chi connectivity index (χ0v) is 7.77. The second kappa shape index (κ2) is 3.76. The van der Waals surface area contributed by atoms with Crippen LogP contribution in [0.2, 0.25) is 0 Å². The predicted octanol–water partition coefficient (Wildman–Crippen LogP) is 0.684. The van der Waals surface area contributed by atoms with Crippen molar-refractivity contribution in [3.8, 4) is 0 Å². The Bertz CT molecular complexity index is 179. The van der Waals surface area contributed by atoms with Gasteiger partial charge in [-0.25, -0.2) is 0 Å². The fraction of sp³-hybridized carbons (Fsp3) is 0.714. The van der Waals surface area contributed by atoms with Crippen molar-refractivity contribution < 1.29 is 14.3 Å². The van der Waals surface area contributed by atoms with Crippen LogP contribution in [0.15, 0.2) is 0 Å². The van der Waals surface area contributed by atoms with Gasteiger partial charge in [-0.3, -0.25) is 9.59 Å². The summed E-state index contributed by atoms with van der Waals surface area (Å²) < 4.78 is 4.46. The highest BCUT2D eigenvalue weighted by Crippen LogP contribution is 2.20. The molecular weight excluding hydrogens is 164 g/mol. The lowest BCUT2D eigenvalue weighted by Gasteiger charge is -2.20. The van der Waals surface area contributed by atoms with Crippen LogP contribution in [0.5, 0.6) is 0 Å². The maximum Gasteiger partial charge on any atom is 0.319 e. The quantitative estimate of drug-likeness (QED) is 0.391. The number of esters is 1. The molecule has 0 aliphatic rings. The van der Waals surface area contributed by atoms with Crippen LogP contribution in [-0.4, -0.2) is 24.6 Å². The number of Topliss-reactive ketones (excluding diaryl/α,β-unsaturated/α-hetero) is 1. The molecule has 1 unspecified atom stereocenters. The summed E-state index contributed by atoms with van der Waals surface area (Å²) in [6.45, 7) is 2.88. The van der Waals surface area contributed by atoms with Gasteiger partial charge in [0, 0.05) is 5.75 Å². The topological polar surface area (TPSA) is 43.4 Å². The summed E-state index contributed by atoms with van der Waals surface area (Å²) in [5, 5.41) is 0. The van der Waals surface area contributed by atoms with E-state index < -0.39 is 11.4 Å². The molecule has 0 saturated carbocycles. The van der Waals surface area contributed by atoms with E-state index in [4.69, 9.17) is 0 Å². The number of ether oxygens (including phenoxy) is 1. The van der Waals surface area contributed by atoms with Gasteiger partial charge in [-0.15, -0.1) is 0 Å². The lowest BCUT2D eigenvalue weighted by Crippen LogP contribution is -2.37. The molecule has 0 aromatic rings. The third-order valence-corrected chi connectivity index (χ3v) is 2.36. The summed E-state index contributed by atoms with van der Waals surface area (Å²) in [4.78, 5) is 22.0. The van der Waals surface area contributed by atoms with Crippen molar-refractivity contribution in [2.75, 3.05) is 12.9 Å². The third-order valence-electron chi connectivity index (χ3n) is 1.73. The molecule has 0 heterocycles. The standard InChI is InChI=1S/C7H12O3S/c1-5(8)7(2,4-11)6(9)10-3/h11H,4H2,1-3H3. The SMILES string of the molecule is COC(=O)C(C)(CS)C(C)=O. The number of hydrogen-bond acceptors (Lipinski definition) is 4. The van der Waals surface area contributed by atoms with Crippen molar-refractivity contribution in [2.45, 2.75) is 13.8 Å². The molecule has 1 atom stereocenters. The average molecular weight is 176 g/mol. The van der Waals surface area contributed by atoms with Crippen LogP contribution < -0.4 is 0 Å². The second-order valence-corrected chi connectivity index (χ2v) is 2.85. The summed E-state index contributed by atoms with van der Waals surface area (Å²) in [6, 6.07) is 0. The fourth-order valence-electron chi connectivity index (χ4n) is 0.545. The summed E-state index contributed by atoms with van der Waals surface area (Å²) in [7, 11) is 1.26. The molecule has 0 aliphatic heterocycles. The first-order chi connectivity index (χ1) is 4.99. The second-order valence-electron chi connectivity index (χ2n) is 2.54. The molecule has 0 radical (unpaired) electrons. The molecule has 0 bridgehead atoms. The molecule has 0 aliphatic carbocycles.